The minimum Gasteiger partial charge on any atom is -0.489 e. The van der Waals surface area contributed by atoms with Gasteiger partial charge in [0, 0.05) is 38.5 Å². The standard InChI is InChI=1S/C32H29Cl2F2N3O7S2/c1-39(2)30(40)20-4-3-5-21(12-20)48(42,43)38-25-10-11-47-29(25)31(41)45-27(14-22-23(33)15-37-16-24(22)34)19-8-9-26(46-32(35)36)28(13-19)44-17-18-6-7-18/h3-5,8-13,15-16,18,27,32,38H,6-7,14,17H2,1-2H3/t27-/m0/s1. The van der Waals surface area contributed by atoms with Gasteiger partial charge in [-0.1, -0.05) is 35.3 Å². The number of amides is 1. The molecule has 0 spiro atoms. The van der Waals surface area contributed by atoms with Crippen molar-refractivity contribution in [3.63, 3.8) is 0 Å². The number of carbonyl (C=O) groups excluding carboxylic acids is 2. The molecular formula is C32H29Cl2F2N3O7S2. The van der Waals surface area contributed by atoms with E-state index < -0.39 is 28.7 Å². The Kier molecular flexibility index (Phi) is 11.1. The van der Waals surface area contributed by atoms with Crippen LogP contribution in [0.5, 0.6) is 11.5 Å². The zero-order valence-corrected chi connectivity index (χ0v) is 28.6. The number of sulfonamides is 1. The van der Waals surface area contributed by atoms with E-state index in [1.807, 2.05) is 0 Å². The highest BCUT2D eigenvalue weighted by atomic mass is 35.5. The first kappa shape index (κ1) is 35.3. The average molecular weight is 741 g/mol. The van der Waals surface area contributed by atoms with Crippen molar-refractivity contribution in [2.24, 2.45) is 5.92 Å². The molecule has 2 aromatic carbocycles. The molecule has 10 nitrogen and oxygen atoms in total. The first-order chi connectivity index (χ1) is 22.8. The maximum atomic E-state index is 13.7. The first-order valence-corrected chi connectivity index (χ1v) is 17.6. The Balaban J connectivity index is 1.45. The monoisotopic (exact) mass is 739 g/mol. The molecule has 1 N–H and O–H groups in total. The number of nitrogens with zero attached hydrogens (tertiary/aromatic N) is 2. The molecule has 1 aliphatic carbocycles. The molecule has 0 unspecified atom stereocenters. The molecule has 1 fully saturated rings. The smallest absolute Gasteiger partial charge is 0.387 e. The minimum atomic E-state index is -4.25. The van der Waals surface area contributed by atoms with Crippen LogP contribution in [0.25, 0.3) is 0 Å². The van der Waals surface area contributed by atoms with E-state index in [0.717, 1.165) is 24.2 Å². The molecule has 16 heteroatoms. The molecule has 4 aromatic rings. The fourth-order valence-electron chi connectivity index (χ4n) is 4.56. The number of hydrogen-bond acceptors (Lipinski definition) is 9. The van der Waals surface area contributed by atoms with Gasteiger partial charge >= 0.3 is 12.6 Å². The highest BCUT2D eigenvalue weighted by molar-refractivity contribution is 7.92. The van der Waals surface area contributed by atoms with E-state index in [4.69, 9.17) is 32.7 Å². The summed E-state index contributed by atoms with van der Waals surface area (Å²) in [7, 11) is -1.16. The van der Waals surface area contributed by atoms with Crippen LogP contribution in [0.1, 0.15) is 50.1 Å². The number of ether oxygens (including phenoxy) is 3. The lowest BCUT2D eigenvalue weighted by Gasteiger charge is -2.21. The molecule has 1 amide bonds. The molecule has 2 aromatic heterocycles. The number of hydrogen-bond donors (Lipinski definition) is 1. The van der Waals surface area contributed by atoms with Gasteiger partial charge in [-0.15, -0.1) is 11.3 Å². The van der Waals surface area contributed by atoms with Crippen LogP contribution in [0.3, 0.4) is 0 Å². The van der Waals surface area contributed by atoms with E-state index in [1.54, 1.807) is 14.1 Å². The molecule has 0 radical (unpaired) electrons. The highest BCUT2D eigenvalue weighted by Gasteiger charge is 2.28. The molecular weight excluding hydrogens is 711 g/mol. The van der Waals surface area contributed by atoms with Gasteiger partial charge in [-0.3, -0.25) is 14.5 Å². The summed E-state index contributed by atoms with van der Waals surface area (Å²) in [6.45, 7) is -2.81. The predicted molar refractivity (Wildman–Crippen MR) is 177 cm³/mol. The normalized spacial score (nSPS) is 13.6. The number of esters is 1. The fraction of sp³-hybridized carbons (Fsp3) is 0.281. The van der Waals surface area contributed by atoms with Crippen molar-refractivity contribution in [2.45, 2.75) is 36.9 Å². The van der Waals surface area contributed by atoms with Gasteiger partial charge in [0.1, 0.15) is 11.0 Å². The van der Waals surface area contributed by atoms with Crippen LogP contribution in [0, 0.1) is 5.92 Å². The molecule has 1 atom stereocenters. The molecule has 1 aliphatic rings. The zero-order chi connectivity index (χ0) is 34.6. The van der Waals surface area contributed by atoms with E-state index in [2.05, 4.69) is 14.4 Å². The van der Waals surface area contributed by atoms with Crippen LogP contribution < -0.4 is 14.2 Å². The molecule has 5 rings (SSSR count). The molecule has 48 heavy (non-hydrogen) atoms. The maximum Gasteiger partial charge on any atom is 0.387 e. The number of aromatic nitrogens is 1. The number of alkyl halides is 2. The van der Waals surface area contributed by atoms with Crippen LogP contribution in [0.15, 0.2) is 71.2 Å². The number of pyridine rings is 1. The van der Waals surface area contributed by atoms with Crippen molar-refractivity contribution < 1.29 is 41.0 Å². The summed E-state index contributed by atoms with van der Waals surface area (Å²) in [6.07, 6.45) is 3.51. The average Bonchev–Trinajstić information content (AvgIpc) is 3.76. The quantitative estimate of drug-likeness (QED) is 0.132. The van der Waals surface area contributed by atoms with Crippen LogP contribution in [-0.4, -0.2) is 57.5 Å². The van der Waals surface area contributed by atoms with Gasteiger partial charge in [0.25, 0.3) is 15.9 Å². The van der Waals surface area contributed by atoms with Crippen molar-refractivity contribution in [1.29, 1.82) is 0 Å². The van der Waals surface area contributed by atoms with Gasteiger partial charge in [0.05, 0.1) is 27.2 Å². The SMILES string of the molecule is CN(C)C(=O)c1cccc(S(=O)(=O)Nc2ccsc2C(=O)O[C@@H](Cc2c(Cl)cncc2Cl)c2ccc(OC(F)F)c(OCC3CC3)c2)c1. The number of nitrogens with one attached hydrogen (secondary N) is 1. The number of anilines is 1. The Labute approximate surface area is 289 Å². The number of rotatable bonds is 14. The lowest BCUT2D eigenvalue weighted by molar-refractivity contribution is -0.0515. The first-order valence-electron chi connectivity index (χ1n) is 14.4. The number of benzene rings is 2. The van der Waals surface area contributed by atoms with E-state index in [9.17, 15) is 26.8 Å². The molecule has 0 saturated heterocycles. The Hall–Kier alpha value is -3.98. The largest absolute Gasteiger partial charge is 0.489 e. The van der Waals surface area contributed by atoms with E-state index in [1.165, 1.54) is 71.2 Å². The molecule has 254 valence electrons. The van der Waals surface area contributed by atoms with Crippen LogP contribution in [-0.2, 0) is 21.2 Å². The van der Waals surface area contributed by atoms with Gasteiger partial charge in [0.15, 0.2) is 11.5 Å². The van der Waals surface area contributed by atoms with Crippen LogP contribution in [0.2, 0.25) is 10.0 Å². The van der Waals surface area contributed by atoms with E-state index in [0.29, 0.717) is 23.7 Å². The van der Waals surface area contributed by atoms with Gasteiger partial charge < -0.3 is 19.1 Å². The van der Waals surface area contributed by atoms with Crippen molar-refractivity contribution in [3.8, 4) is 11.5 Å². The summed E-state index contributed by atoms with van der Waals surface area (Å²) in [6, 6.07) is 11.1. The lowest BCUT2D eigenvalue weighted by atomic mass is 10.0. The second kappa shape index (κ2) is 15.1. The molecule has 2 heterocycles. The van der Waals surface area contributed by atoms with Crippen molar-refractivity contribution in [3.05, 3.63) is 97.9 Å². The Morgan fingerprint density at radius 2 is 1.79 bits per heavy atom. The number of thiophene rings is 1. The summed E-state index contributed by atoms with van der Waals surface area (Å²) >= 11 is 13.7. The Morgan fingerprint density at radius 3 is 2.46 bits per heavy atom. The second-order valence-corrected chi connectivity index (χ2v) is 14.4. The maximum absolute atomic E-state index is 13.7. The predicted octanol–water partition coefficient (Wildman–Crippen LogP) is 7.48. The summed E-state index contributed by atoms with van der Waals surface area (Å²) in [4.78, 5) is 31.1. The van der Waals surface area contributed by atoms with Gasteiger partial charge in [-0.25, -0.2) is 13.2 Å². The van der Waals surface area contributed by atoms with Gasteiger partial charge in [0.2, 0.25) is 0 Å². The number of carbonyl (C=O) groups is 2. The summed E-state index contributed by atoms with van der Waals surface area (Å²) in [5, 5.41) is 1.91. The van der Waals surface area contributed by atoms with E-state index >= 15 is 0 Å². The summed E-state index contributed by atoms with van der Waals surface area (Å²) < 4.78 is 71.9. The number of halogens is 4. The third-order valence-electron chi connectivity index (χ3n) is 7.21. The molecule has 1 saturated carbocycles. The topological polar surface area (TPSA) is 124 Å². The summed E-state index contributed by atoms with van der Waals surface area (Å²) in [5.41, 5.74) is 0.858. The fourth-order valence-corrected chi connectivity index (χ4v) is 6.99. The zero-order valence-electron chi connectivity index (χ0n) is 25.5. The third-order valence-corrected chi connectivity index (χ3v) is 10.1. The highest BCUT2D eigenvalue weighted by Crippen LogP contribution is 2.39. The van der Waals surface area contributed by atoms with Gasteiger partial charge in [-0.2, -0.15) is 8.78 Å². The van der Waals surface area contributed by atoms with Crippen molar-refractivity contribution >= 4 is 62.1 Å². The lowest BCUT2D eigenvalue weighted by Crippen LogP contribution is -2.22. The van der Waals surface area contributed by atoms with Crippen LogP contribution >= 0.6 is 34.5 Å². The van der Waals surface area contributed by atoms with E-state index in [-0.39, 0.29) is 54.9 Å². The summed E-state index contributed by atoms with van der Waals surface area (Å²) in [5.74, 6) is -1.13. The van der Waals surface area contributed by atoms with Crippen LogP contribution in [0.4, 0.5) is 14.5 Å². The molecule has 0 bridgehead atoms. The Morgan fingerprint density at radius 1 is 1.06 bits per heavy atom. The minimum absolute atomic E-state index is 0.0345. The van der Waals surface area contributed by atoms with Gasteiger partial charge in [-0.05, 0) is 71.7 Å². The van der Waals surface area contributed by atoms with Crippen molar-refractivity contribution in [1.82, 2.24) is 9.88 Å². The molecule has 0 aliphatic heterocycles. The third kappa shape index (κ3) is 8.73. The second-order valence-electron chi connectivity index (χ2n) is 11.0. The van der Waals surface area contributed by atoms with Crippen molar-refractivity contribution in [2.75, 3.05) is 25.4 Å². The Bertz CT molecular complexity index is 1900.